The van der Waals surface area contributed by atoms with Crippen molar-refractivity contribution in [2.24, 2.45) is 11.8 Å². The number of nitrogens with zero attached hydrogens (tertiary/aromatic N) is 1. The van der Waals surface area contributed by atoms with Crippen LogP contribution in [0.2, 0.25) is 0 Å². The van der Waals surface area contributed by atoms with Crippen molar-refractivity contribution in [3.05, 3.63) is 48.6 Å². The third-order valence-corrected chi connectivity index (χ3v) is 4.48. The molecule has 1 aromatic rings. The van der Waals surface area contributed by atoms with Crippen molar-refractivity contribution in [1.29, 1.82) is 0 Å². The van der Waals surface area contributed by atoms with Crippen molar-refractivity contribution in [3.8, 4) is 0 Å². The number of benzene rings is 1. The molecule has 2 aliphatic rings. The van der Waals surface area contributed by atoms with Crippen LogP contribution in [-0.2, 0) is 4.79 Å². The summed E-state index contributed by atoms with van der Waals surface area (Å²) in [5.41, 5.74) is 1.28. The Morgan fingerprint density at radius 1 is 1.16 bits per heavy atom. The number of carbonyl (C=O) groups is 1. The van der Waals surface area contributed by atoms with Crippen LogP contribution in [0.5, 0.6) is 0 Å². The minimum atomic E-state index is 0.137. The molecule has 0 unspecified atom stereocenters. The highest BCUT2D eigenvalue weighted by Crippen LogP contribution is 2.55. The van der Waals surface area contributed by atoms with Crippen molar-refractivity contribution < 1.29 is 4.79 Å². The Morgan fingerprint density at radius 3 is 2.47 bits per heavy atom. The third kappa shape index (κ3) is 2.32. The number of hydrogen-bond donors (Lipinski definition) is 0. The minimum absolute atomic E-state index is 0.137. The molecule has 1 aliphatic carbocycles. The van der Waals surface area contributed by atoms with Gasteiger partial charge in [0.25, 0.3) is 0 Å². The normalized spacial score (nSPS) is 29.9. The molecule has 1 aliphatic heterocycles. The Morgan fingerprint density at radius 2 is 1.84 bits per heavy atom. The van der Waals surface area contributed by atoms with Gasteiger partial charge < -0.3 is 4.90 Å². The second kappa shape index (κ2) is 5.20. The molecular weight excluding hydrogens is 234 g/mol. The molecule has 19 heavy (non-hydrogen) atoms. The van der Waals surface area contributed by atoms with E-state index >= 15 is 0 Å². The zero-order chi connectivity index (χ0) is 13.2. The first-order valence-electron chi connectivity index (χ1n) is 7.29. The maximum absolute atomic E-state index is 12.6. The summed E-state index contributed by atoms with van der Waals surface area (Å²) in [7, 11) is 0. The molecular formula is C17H21NO. The molecule has 3 atom stereocenters. The second-order valence-electron chi connectivity index (χ2n) is 5.66. The molecule has 1 amide bonds. The highest BCUT2D eigenvalue weighted by Gasteiger charge is 2.54. The van der Waals surface area contributed by atoms with Gasteiger partial charge >= 0.3 is 0 Å². The second-order valence-corrected chi connectivity index (χ2v) is 5.66. The quantitative estimate of drug-likeness (QED) is 0.759. The fourth-order valence-electron chi connectivity index (χ4n) is 3.38. The van der Waals surface area contributed by atoms with Gasteiger partial charge in [-0.3, -0.25) is 4.79 Å². The summed E-state index contributed by atoms with van der Waals surface area (Å²) >= 11 is 0. The molecule has 0 radical (unpaired) electrons. The molecule has 3 rings (SSSR count). The van der Waals surface area contributed by atoms with Gasteiger partial charge in [-0.1, -0.05) is 36.4 Å². The van der Waals surface area contributed by atoms with Crippen LogP contribution in [0.3, 0.4) is 0 Å². The molecule has 0 N–H and O–H groups in total. The average Bonchev–Trinajstić information content (AvgIpc) is 3.22. The van der Waals surface area contributed by atoms with E-state index in [2.05, 4.69) is 35.7 Å². The van der Waals surface area contributed by atoms with Crippen molar-refractivity contribution in [1.82, 2.24) is 4.90 Å². The van der Waals surface area contributed by atoms with Crippen LogP contribution >= 0.6 is 0 Å². The van der Waals surface area contributed by atoms with E-state index in [-0.39, 0.29) is 5.92 Å². The molecule has 0 spiro atoms. The first-order chi connectivity index (χ1) is 9.33. The zero-order valence-corrected chi connectivity index (χ0v) is 11.3. The van der Waals surface area contributed by atoms with Gasteiger partial charge in [0.05, 0.1) is 5.92 Å². The smallest absolute Gasteiger partial charge is 0.226 e. The Hall–Kier alpha value is -1.57. The van der Waals surface area contributed by atoms with Gasteiger partial charge in [-0.15, -0.1) is 6.58 Å². The Kier molecular flexibility index (Phi) is 3.41. The van der Waals surface area contributed by atoms with Crippen molar-refractivity contribution in [2.45, 2.75) is 25.2 Å². The Balaban J connectivity index is 1.74. The van der Waals surface area contributed by atoms with Crippen LogP contribution in [0.25, 0.3) is 0 Å². The predicted molar refractivity (Wildman–Crippen MR) is 76.8 cm³/mol. The maximum Gasteiger partial charge on any atom is 0.226 e. The van der Waals surface area contributed by atoms with Gasteiger partial charge in [0, 0.05) is 19.0 Å². The zero-order valence-electron chi connectivity index (χ0n) is 11.3. The lowest BCUT2D eigenvalue weighted by molar-refractivity contribution is -0.133. The van der Waals surface area contributed by atoms with Gasteiger partial charge in [0.2, 0.25) is 5.91 Å². The first-order valence-corrected chi connectivity index (χ1v) is 7.29. The van der Waals surface area contributed by atoms with E-state index in [9.17, 15) is 4.79 Å². The van der Waals surface area contributed by atoms with Crippen molar-refractivity contribution >= 4 is 5.91 Å². The number of piperidine rings is 1. The number of rotatable bonds is 3. The molecule has 0 bridgehead atoms. The lowest BCUT2D eigenvalue weighted by Gasteiger charge is -2.27. The topological polar surface area (TPSA) is 20.3 Å². The summed E-state index contributed by atoms with van der Waals surface area (Å²) in [4.78, 5) is 14.7. The fourth-order valence-corrected chi connectivity index (χ4v) is 3.38. The van der Waals surface area contributed by atoms with E-state index in [1.807, 2.05) is 12.1 Å². The molecule has 1 saturated heterocycles. The summed E-state index contributed by atoms with van der Waals surface area (Å²) in [6.45, 7) is 5.80. The number of amides is 1. The largest absolute Gasteiger partial charge is 0.342 e. The molecule has 100 valence electrons. The van der Waals surface area contributed by atoms with E-state index in [1.165, 1.54) is 12.0 Å². The lowest BCUT2D eigenvalue weighted by Crippen LogP contribution is -2.37. The van der Waals surface area contributed by atoms with Gasteiger partial charge in [-0.05, 0) is 30.7 Å². The highest BCUT2D eigenvalue weighted by atomic mass is 16.2. The van der Waals surface area contributed by atoms with E-state index in [1.54, 1.807) is 0 Å². The molecule has 1 aromatic carbocycles. The van der Waals surface area contributed by atoms with Crippen LogP contribution in [0.1, 0.15) is 30.7 Å². The third-order valence-electron chi connectivity index (χ3n) is 4.48. The van der Waals surface area contributed by atoms with Crippen LogP contribution in [0.15, 0.2) is 43.0 Å². The van der Waals surface area contributed by atoms with Gasteiger partial charge in [-0.2, -0.15) is 0 Å². The summed E-state index contributed by atoms with van der Waals surface area (Å²) < 4.78 is 0. The Labute approximate surface area is 115 Å². The van der Waals surface area contributed by atoms with E-state index in [0.717, 1.165) is 25.9 Å². The maximum atomic E-state index is 12.6. The predicted octanol–water partition coefficient (Wildman–Crippen LogP) is 3.21. The van der Waals surface area contributed by atoms with Gasteiger partial charge in [0.1, 0.15) is 0 Å². The molecule has 1 heterocycles. The SMILES string of the molecule is C=C[C@H]1[C@H](C(=O)N2CCCCC2)[C@H]1c1ccccc1. The van der Waals surface area contributed by atoms with Crippen LogP contribution in [0, 0.1) is 11.8 Å². The number of allylic oxidation sites excluding steroid dienone is 1. The lowest BCUT2D eigenvalue weighted by atomic mass is 10.1. The molecule has 2 fully saturated rings. The number of hydrogen-bond acceptors (Lipinski definition) is 1. The van der Waals surface area contributed by atoms with E-state index < -0.39 is 0 Å². The summed E-state index contributed by atoms with van der Waals surface area (Å²) in [6.07, 6.45) is 5.55. The Bertz CT molecular complexity index is 461. The highest BCUT2D eigenvalue weighted by molar-refractivity contribution is 5.84. The van der Waals surface area contributed by atoms with Crippen LogP contribution < -0.4 is 0 Å². The average molecular weight is 255 g/mol. The molecule has 0 aromatic heterocycles. The molecule has 2 nitrogen and oxygen atoms in total. The fraction of sp³-hybridized carbons (Fsp3) is 0.471. The van der Waals surface area contributed by atoms with Gasteiger partial charge in [-0.25, -0.2) is 0 Å². The van der Waals surface area contributed by atoms with Crippen molar-refractivity contribution in [2.75, 3.05) is 13.1 Å². The van der Waals surface area contributed by atoms with E-state index in [0.29, 0.717) is 17.7 Å². The van der Waals surface area contributed by atoms with Crippen molar-refractivity contribution in [3.63, 3.8) is 0 Å². The molecule has 1 saturated carbocycles. The molecule has 2 heteroatoms. The van der Waals surface area contributed by atoms with Crippen LogP contribution in [-0.4, -0.2) is 23.9 Å². The summed E-state index contributed by atoms with van der Waals surface area (Å²) in [6, 6.07) is 10.4. The monoisotopic (exact) mass is 255 g/mol. The minimum Gasteiger partial charge on any atom is -0.342 e. The number of carbonyl (C=O) groups excluding carboxylic acids is 1. The summed E-state index contributed by atoms with van der Waals surface area (Å²) in [5.74, 6) is 1.17. The summed E-state index contributed by atoms with van der Waals surface area (Å²) in [5, 5.41) is 0. The van der Waals surface area contributed by atoms with Crippen LogP contribution in [0.4, 0.5) is 0 Å². The van der Waals surface area contributed by atoms with E-state index in [4.69, 9.17) is 0 Å². The first kappa shape index (κ1) is 12.5. The van der Waals surface area contributed by atoms with Gasteiger partial charge in [0.15, 0.2) is 0 Å². The number of likely N-dealkylation sites (tertiary alicyclic amines) is 1. The standard InChI is InChI=1S/C17H21NO/c1-2-14-15(13-9-5-3-6-10-13)16(14)17(19)18-11-7-4-8-12-18/h2-3,5-6,9-10,14-16H,1,4,7-8,11-12H2/t14-,15+,16+/m1/s1.